The first kappa shape index (κ1) is 20.6. The predicted molar refractivity (Wildman–Crippen MR) is 104 cm³/mol. The highest BCUT2D eigenvalue weighted by Gasteiger charge is 2.35. The second-order valence-corrected chi connectivity index (χ2v) is 7.44. The molecule has 2 aromatic carbocycles. The Balaban J connectivity index is 1.62. The van der Waals surface area contributed by atoms with Gasteiger partial charge in [0.25, 0.3) is 5.91 Å². The van der Waals surface area contributed by atoms with Crippen molar-refractivity contribution in [1.29, 1.82) is 0 Å². The summed E-state index contributed by atoms with van der Waals surface area (Å²) in [6, 6.07) is 7.24. The molecule has 0 spiro atoms. The number of hydrogen-bond acceptors (Lipinski definition) is 2. The minimum Gasteiger partial charge on any atom is -0.354 e. The van der Waals surface area contributed by atoms with Crippen LogP contribution < -0.4 is 5.32 Å². The highest BCUT2D eigenvalue weighted by atomic mass is 35.5. The van der Waals surface area contributed by atoms with Gasteiger partial charge in [-0.2, -0.15) is 0 Å². The largest absolute Gasteiger partial charge is 0.354 e. The van der Waals surface area contributed by atoms with Crippen molar-refractivity contribution in [3.8, 4) is 0 Å². The van der Waals surface area contributed by atoms with Crippen LogP contribution in [-0.4, -0.2) is 35.8 Å². The lowest BCUT2D eigenvalue weighted by Crippen LogP contribution is -2.46. The minimum absolute atomic E-state index is 0.207. The molecule has 1 aliphatic heterocycles. The number of carbonyl (C=O) groups is 2. The highest BCUT2D eigenvalue weighted by Crippen LogP contribution is 2.26. The molecule has 8 heteroatoms. The van der Waals surface area contributed by atoms with Crippen molar-refractivity contribution in [2.75, 3.05) is 13.1 Å². The fourth-order valence-corrected chi connectivity index (χ4v) is 3.67. The molecule has 0 bridgehead atoms. The van der Waals surface area contributed by atoms with E-state index >= 15 is 0 Å². The number of halogens is 4. The van der Waals surface area contributed by atoms with Gasteiger partial charge in [0.15, 0.2) is 0 Å². The number of rotatable bonds is 5. The van der Waals surface area contributed by atoms with Gasteiger partial charge in [0.05, 0.1) is 10.6 Å². The molecular weight excluding hydrogens is 409 g/mol. The molecule has 3 rings (SSSR count). The molecule has 0 radical (unpaired) electrons. The normalized spacial score (nSPS) is 16.3. The summed E-state index contributed by atoms with van der Waals surface area (Å²) in [5.74, 6) is -1.97. The fraction of sp³-hybridized carbons (Fsp3) is 0.300. The highest BCUT2D eigenvalue weighted by molar-refractivity contribution is 6.35. The van der Waals surface area contributed by atoms with Gasteiger partial charge in [-0.15, -0.1) is 0 Å². The van der Waals surface area contributed by atoms with Crippen LogP contribution in [0, 0.1) is 11.6 Å². The van der Waals surface area contributed by atoms with E-state index in [2.05, 4.69) is 5.32 Å². The minimum atomic E-state index is -0.660. The Bertz CT molecular complexity index is 888. The van der Waals surface area contributed by atoms with Crippen LogP contribution in [0.1, 0.15) is 28.8 Å². The lowest BCUT2D eigenvalue weighted by molar-refractivity contribution is -0.124. The first-order chi connectivity index (χ1) is 13.3. The first-order valence-electron chi connectivity index (χ1n) is 8.84. The molecule has 0 aliphatic carbocycles. The van der Waals surface area contributed by atoms with E-state index in [1.54, 1.807) is 12.1 Å². The summed E-state index contributed by atoms with van der Waals surface area (Å²) in [6.07, 6.45) is 1.50. The summed E-state index contributed by atoms with van der Waals surface area (Å²) in [5.41, 5.74) is 0.701. The number of carbonyl (C=O) groups excluding carboxylic acids is 2. The smallest absolute Gasteiger partial charge is 0.256 e. The van der Waals surface area contributed by atoms with E-state index in [1.165, 1.54) is 23.1 Å². The summed E-state index contributed by atoms with van der Waals surface area (Å²) in [7, 11) is 0. The van der Waals surface area contributed by atoms with Crippen LogP contribution in [0.25, 0.3) is 0 Å². The number of benzene rings is 2. The van der Waals surface area contributed by atoms with Crippen LogP contribution in [0.5, 0.6) is 0 Å². The maximum absolute atomic E-state index is 13.2. The third kappa shape index (κ3) is 4.80. The lowest BCUT2D eigenvalue weighted by atomic mass is 10.1. The van der Waals surface area contributed by atoms with Crippen molar-refractivity contribution in [3.05, 3.63) is 69.2 Å². The number of nitrogens with one attached hydrogen (secondary N) is 1. The van der Waals surface area contributed by atoms with Gasteiger partial charge in [-0.05, 0) is 55.2 Å². The van der Waals surface area contributed by atoms with Crippen molar-refractivity contribution in [2.24, 2.45) is 0 Å². The second kappa shape index (κ2) is 8.88. The molecule has 1 saturated heterocycles. The van der Waals surface area contributed by atoms with E-state index in [1.807, 2.05) is 0 Å². The summed E-state index contributed by atoms with van der Waals surface area (Å²) in [4.78, 5) is 26.9. The molecule has 4 nitrogen and oxygen atoms in total. The molecule has 1 unspecified atom stereocenters. The van der Waals surface area contributed by atoms with E-state index in [0.717, 1.165) is 6.07 Å². The SMILES string of the molecule is O=C(NCCc1cc(F)cc(F)c1)C1CCCN1C(=O)c1cc(Cl)ccc1Cl. The van der Waals surface area contributed by atoms with Gasteiger partial charge in [-0.1, -0.05) is 23.2 Å². The van der Waals surface area contributed by atoms with Crippen molar-refractivity contribution in [2.45, 2.75) is 25.3 Å². The van der Waals surface area contributed by atoms with Crippen LogP contribution >= 0.6 is 23.2 Å². The standard InChI is InChI=1S/C20H18Cl2F2N2O2/c21-13-3-4-17(22)16(10-13)20(28)26-7-1-2-18(26)19(27)25-6-5-12-8-14(23)11-15(24)9-12/h3-4,8-11,18H,1-2,5-7H2,(H,25,27). The maximum Gasteiger partial charge on any atom is 0.256 e. The van der Waals surface area contributed by atoms with E-state index < -0.39 is 17.7 Å². The van der Waals surface area contributed by atoms with Gasteiger partial charge in [0.1, 0.15) is 17.7 Å². The van der Waals surface area contributed by atoms with Crippen LogP contribution in [0.2, 0.25) is 10.0 Å². The Morgan fingerprint density at radius 1 is 1.11 bits per heavy atom. The third-order valence-electron chi connectivity index (χ3n) is 4.61. The van der Waals surface area contributed by atoms with E-state index in [9.17, 15) is 18.4 Å². The zero-order valence-electron chi connectivity index (χ0n) is 14.9. The Morgan fingerprint density at radius 3 is 2.54 bits per heavy atom. The zero-order valence-corrected chi connectivity index (χ0v) is 16.4. The molecule has 2 aromatic rings. The van der Waals surface area contributed by atoms with Crippen LogP contribution in [0.4, 0.5) is 8.78 Å². The molecule has 1 atom stereocenters. The van der Waals surface area contributed by atoms with Crippen molar-refractivity contribution < 1.29 is 18.4 Å². The molecule has 0 saturated carbocycles. The monoisotopic (exact) mass is 426 g/mol. The number of likely N-dealkylation sites (tertiary alicyclic amines) is 1. The van der Waals surface area contributed by atoms with Crippen molar-refractivity contribution >= 4 is 35.0 Å². The molecule has 0 aromatic heterocycles. The van der Waals surface area contributed by atoms with Gasteiger partial charge in [-0.25, -0.2) is 8.78 Å². The Hall–Kier alpha value is -2.18. The Morgan fingerprint density at radius 2 is 1.82 bits per heavy atom. The molecule has 28 heavy (non-hydrogen) atoms. The van der Waals surface area contributed by atoms with Gasteiger partial charge < -0.3 is 10.2 Å². The average molecular weight is 427 g/mol. The number of amides is 2. The molecule has 1 heterocycles. The van der Waals surface area contributed by atoms with Crippen LogP contribution in [0.3, 0.4) is 0 Å². The summed E-state index contributed by atoms with van der Waals surface area (Å²) in [5, 5.41) is 3.39. The van der Waals surface area contributed by atoms with E-state index in [0.29, 0.717) is 30.0 Å². The summed E-state index contributed by atoms with van der Waals surface area (Å²) in [6.45, 7) is 0.646. The van der Waals surface area contributed by atoms with E-state index in [-0.39, 0.29) is 35.4 Å². The molecule has 1 fully saturated rings. The van der Waals surface area contributed by atoms with Crippen LogP contribution in [0.15, 0.2) is 36.4 Å². The molecule has 1 aliphatic rings. The van der Waals surface area contributed by atoms with E-state index in [4.69, 9.17) is 23.2 Å². The third-order valence-corrected chi connectivity index (χ3v) is 5.18. The van der Waals surface area contributed by atoms with Gasteiger partial charge in [-0.3, -0.25) is 9.59 Å². The van der Waals surface area contributed by atoms with Gasteiger partial charge in [0.2, 0.25) is 5.91 Å². The quantitative estimate of drug-likeness (QED) is 0.777. The number of nitrogens with zero attached hydrogens (tertiary/aromatic N) is 1. The Kier molecular flexibility index (Phi) is 6.52. The maximum atomic E-state index is 13.2. The zero-order chi connectivity index (χ0) is 20.3. The second-order valence-electron chi connectivity index (χ2n) is 6.60. The summed E-state index contributed by atoms with van der Waals surface area (Å²) >= 11 is 12.1. The molecule has 1 N–H and O–H groups in total. The first-order valence-corrected chi connectivity index (χ1v) is 9.59. The number of hydrogen-bond donors (Lipinski definition) is 1. The lowest BCUT2D eigenvalue weighted by Gasteiger charge is -2.24. The average Bonchev–Trinajstić information content (AvgIpc) is 3.12. The summed E-state index contributed by atoms with van der Waals surface area (Å²) < 4.78 is 26.5. The van der Waals surface area contributed by atoms with Crippen molar-refractivity contribution in [1.82, 2.24) is 10.2 Å². The van der Waals surface area contributed by atoms with Crippen molar-refractivity contribution in [3.63, 3.8) is 0 Å². The van der Waals surface area contributed by atoms with Gasteiger partial charge >= 0.3 is 0 Å². The molecule has 2 amide bonds. The fourth-order valence-electron chi connectivity index (χ4n) is 3.30. The van der Waals surface area contributed by atoms with Gasteiger partial charge in [0, 0.05) is 24.2 Å². The predicted octanol–water partition coefficient (Wildman–Crippen LogP) is 4.24. The topological polar surface area (TPSA) is 49.4 Å². The van der Waals surface area contributed by atoms with Crippen LogP contribution in [-0.2, 0) is 11.2 Å². The Labute approximate surface area is 171 Å². The molecular formula is C20H18Cl2F2N2O2. The molecule has 148 valence electrons.